The van der Waals surface area contributed by atoms with Gasteiger partial charge in [0.15, 0.2) is 0 Å². The highest BCUT2D eigenvalue weighted by molar-refractivity contribution is 7.87. The van der Waals surface area contributed by atoms with E-state index in [1.54, 1.807) is 12.1 Å². The topological polar surface area (TPSA) is 122 Å². The molecule has 0 N–H and O–H groups in total. The third-order valence-electron chi connectivity index (χ3n) is 2.86. The molecule has 2 aromatic rings. The molecule has 1 aromatic heterocycles. The summed E-state index contributed by atoms with van der Waals surface area (Å²) in [6, 6.07) is 7.44. The molecule has 1 aromatic carbocycles. The SMILES string of the molecule is CN(C)S(=O)(=O)n1cc(-c2ccccc2[N+](=O)[O-])nc1C#N. The number of imidazole rings is 1. The number of hydrogen-bond acceptors (Lipinski definition) is 6. The Bertz CT molecular complexity index is 879. The van der Waals surface area contributed by atoms with E-state index in [0.29, 0.717) is 3.97 Å². The minimum Gasteiger partial charge on any atom is -0.258 e. The van der Waals surface area contributed by atoms with Crippen LogP contribution in [0.2, 0.25) is 0 Å². The molecule has 0 fully saturated rings. The van der Waals surface area contributed by atoms with Crippen molar-refractivity contribution in [3.63, 3.8) is 0 Å². The van der Waals surface area contributed by atoms with E-state index in [2.05, 4.69) is 4.98 Å². The summed E-state index contributed by atoms with van der Waals surface area (Å²) in [6.07, 6.45) is 1.09. The Hall–Kier alpha value is -2.77. The zero-order valence-electron chi connectivity index (χ0n) is 11.7. The van der Waals surface area contributed by atoms with Crippen molar-refractivity contribution >= 4 is 15.9 Å². The number of nitrogens with zero attached hydrogens (tertiary/aromatic N) is 5. The van der Waals surface area contributed by atoms with Crippen LogP contribution in [0.3, 0.4) is 0 Å². The molecule has 0 aliphatic rings. The molecule has 22 heavy (non-hydrogen) atoms. The van der Waals surface area contributed by atoms with Gasteiger partial charge in [-0.05, 0) is 6.07 Å². The van der Waals surface area contributed by atoms with Crippen LogP contribution in [-0.2, 0) is 10.2 Å². The molecule has 0 unspecified atom stereocenters. The van der Waals surface area contributed by atoms with Crippen LogP contribution in [0.5, 0.6) is 0 Å². The normalized spacial score (nSPS) is 11.4. The molecule has 0 aliphatic heterocycles. The van der Waals surface area contributed by atoms with Gasteiger partial charge in [-0.3, -0.25) is 10.1 Å². The van der Waals surface area contributed by atoms with E-state index in [1.165, 1.54) is 32.3 Å². The molecule has 0 saturated heterocycles. The summed E-state index contributed by atoms with van der Waals surface area (Å²) in [5.74, 6) is -0.373. The molecule has 2 rings (SSSR count). The van der Waals surface area contributed by atoms with E-state index < -0.39 is 15.1 Å². The van der Waals surface area contributed by atoms with E-state index in [-0.39, 0.29) is 22.8 Å². The highest BCUT2D eigenvalue weighted by Gasteiger charge is 2.25. The van der Waals surface area contributed by atoms with Gasteiger partial charge in [0.05, 0.1) is 22.4 Å². The molecule has 0 aliphatic carbocycles. The van der Waals surface area contributed by atoms with Crippen molar-refractivity contribution in [2.45, 2.75) is 0 Å². The number of benzene rings is 1. The van der Waals surface area contributed by atoms with Gasteiger partial charge in [0.2, 0.25) is 5.82 Å². The van der Waals surface area contributed by atoms with Crippen molar-refractivity contribution in [3.8, 4) is 17.3 Å². The van der Waals surface area contributed by atoms with Crippen LogP contribution in [0.1, 0.15) is 5.82 Å². The van der Waals surface area contributed by atoms with Gasteiger partial charge < -0.3 is 0 Å². The monoisotopic (exact) mass is 321 g/mol. The quantitative estimate of drug-likeness (QED) is 0.611. The molecular weight excluding hydrogens is 310 g/mol. The zero-order chi connectivity index (χ0) is 16.5. The van der Waals surface area contributed by atoms with Crippen molar-refractivity contribution in [3.05, 3.63) is 46.4 Å². The second kappa shape index (κ2) is 5.55. The molecule has 10 heteroatoms. The van der Waals surface area contributed by atoms with Crippen LogP contribution in [0.15, 0.2) is 30.5 Å². The first kappa shape index (κ1) is 15.6. The maximum Gasteiger partial charge on any atom is 0.309 e. The molecule has 0 saturated carbocycles. The largest absolute Gasteiger partial charge is 0.309 e. The van der Waals surface area contributed by atoms with Gasteiger partial charge in [0, 0.05) is 20.2 Å². The fraction of sp³-hybridized carbons (Fsp3) is 0.167. The lowest BCUT2D eigenvalue weighted by Crippen LogP contribution is -2.29. The Morgan fingerprint density at radius 2 is 2.00 bits per heavy atom. The number of hydrogen-bond donors (Lipinski definition) is 0. The summed E-state index contributed by atoms with van der Waals surface area (Å²) in [5.41, 5.74) is -0.0510. The maximum absolute atomic E-state index is 12.1. The molecule has 0 atom stereocenters. The Balaban J connectivity index is 2.70. The first-order chi connectivity index (χ1) is 10.3. The van der Waals surface area contributed by atoms with Gasteiger partial charge in [0.25, 0.3) is 5.69 Å². The van der Waals surface area contributed by atoms with Crippen LogP contribution < -0.4 is 0 Å². The smallest absolute Gasteiger partial charge is 0.258 e. The lowest BCUT2D eigenvalue weighted by molar-refractivity contribution is -0.384. The minimum absolute atomic E-state index is 0.0364. The molecule has 0 spiro atoms. The van der Waals surface area contributed by atoms with E-state index in [1.807, 2.05) is 0 Å². The Morgan fingerprint density at radius 1 is 1.36 bits per heavy atom. The van der Waals surface area contributed by atoms with E-state index >= 15 is 0 Å². The molecule has 114 valence electrons. The van der Waals surface area contributed by atoms with Gasteiger partial charge in [-0.15, -0.1) is 0 Å². The number of nitriles is 1. The Morgan fingerprint density at radius 3 is 2.55 bits per heavy atom. The second-order valence-electron chi connectivity index (χ2n) is 4.42. The molecule has 9 nitrogen and oxygen atoms in total. The van der Waals surface area contributed by atoms with Crippen molar-refractivity contribution in [1.82, 2.24) is 13.3 Å². The zero-order valence-corrected chi connectivity index (χ0v) is 12.5. The lowest BCUT2D eigenvalue weighted by atomic mass is 10.1. The fourth-order valence-corrected chi connectivity index (χ4v) is 2.65. The Kier molecular flexibility index (Phi) is 3.94. The molecular formula is C12H11N5O4S. The third kappa shape index (κ3) is 2.54. The van der Waals surface area contributed by atoms with Gasteiger partial charge in [-0.25, -0.2) is 8.96 Å². The first-order valence-electron chi connectivity index (χ1n) is 5.95. The number of nitro benzene ring substituents is 1. The van der Waals surface area contributed by atoms with E-state index in [4.69, 9.17) is 5.26 Å². The summed E-state index contributed by atoms with van der Waals surface area (Å²) in [7, 11) is -1.33. The molecule has 0 radical (unpaired) electrons. The number of para-hydroxylation sites is 1. The first-order valence-corrected chi connectivity index (χ1v) is 7.35. The number of rotatable bonds is 4. The summed E-state index contributed by atoms with van der Waals surface area (Å²) >= 11 is 0. The summed E-state index contributed by atoms with van der Waals surface area (Å²) in [5, 5.41) is 20.1. The number of aromatic nitrogens is 2. The number of nitro groups is 1. The molecule has 0 amide bonds. The van der Waals surface area contributed by atoms with Crippen LogP contribution in [0.4, 0.5) is 5.69 Å². The van der Waals surface area contributed by atoms with E-state index in [0.717, 1.165) is 10.5 Å². The van der Waals surface area contributed by atoms with Crippen LogP contribution in [-0.4, -0.2) is 40.7 Å². The van der Waals surface area contributed by atoms with Gasteiger partial charge >= 0.3 is 10.2 Å². The summed E-state index contributed by atoms with van der Waals surface area (Å²) in [4.78, 5) is 14.3. The maximum atomic E-state index is 12.1. The summed E-state index contributed by atoms with van der Waals surface area (Å²) in [6.45, 7) is 0. The highest BCUT2D eigenvalue weighted by atomic mass is 32.2. The van der Waals surface area contributed by atoms with Crippen molar-refractivity contribution in [2.75, 3.05) is 14.1 Å². The van der Waals surface area contributed by atoms with Crippen LogP contribution in [0, 0.1) is 21.4 Å². The standard InChI is InChI=1S/C12H11N5O4S/c1-15(2)22(20,21)16-8-10(14-12(16)7-13)9-5-3-4-6-11(9)17(18)19/h3-6,8H,1-2H3. The van der Waals surface area contributed by atoms with Crippen molar-refractivity contribution in [1.29, 1.82) is 5.26 Å². The molecule has 0 bridgehead atoms. The average molecular weight is 321 g/mol. The second-order valence-corrected chi connectivity index (χ2v) is 6.44. The predicted molar refractivity (Wildman–Crippen MR) is 77.0 cm³/mol. The third-order valence-corrected chi connectivity index (χ3v) is 4.56. The van der Waals surface area contributed by atoms with Gasteiger partial charge in [-0.2, -0.15) is 18.0 Å². The van der Waals surface area contributed by atoms with Gasteiger partial charge in [0.1, 0.15) is 6.07 Å². The molecule has 1 heterocycles. The van der Waals surface area contributed by atoms with E-state index in [9.17, 15) is 18.5 Å². The Labute approximate surface area is 126 Å². The van der Waals surface area contributed by atoms with Crippen LogP contribution >= 0.6 is 0 Å². The van der Waals surface area contributed by atoms with Crippen LogP contribution in [0.25, 0.3) is 11.3 Å². The minimum atomic E-state index is -3.94. The lowest BCUT2D eigenvalue weighted by Gasteiger charge is -2.11. The average Bonchev–Trinajstić information content (AvgIpc) is 2.91. The highest BCUT2D eigenvalue weighted by Crippen LogP contribution is 2.29. The fourth-order valence-electron chi connectivity index (χ4n) is 1.77. The summed E-state index contributed by atoms with van der Waals surface area (Å²) < 4.78 is 25.9. The van der Waals surface area contributed by atoms with Crippen molar-refractivity contribution < 1.29 is 13.3 Å². The van der Waals surface area contributed by atoms with Gasteiger partial charge in [-0.1, -0.05) is 12.1 Å². The van der Waals surface area contributed by atoms with Crippen molar-refractivity contribution in [2.24, 2.45) is 0 Å². The predicted octanol–water partition coefficient (Wildman–Crippen LogP) is 0.984.